The van der Waals surface area contributed by atoms with E-state index in [-0.39, 0.29) is 11.8 Å². The van der Waals surface area contributed by atoms with E-state index in [0.717, 1.165) is 24.1 Å². The fourth-order valence-electron chi connectivity index (χ4n) is 4.06. The minimum absolute atomic E-state index is 0.111. The molecule has 0 bridgehead atoms. The van der Waals surface area contributed by atoms with Crippen LogP contribution in [0.15, 0.2) is 55.0 Å². The highest BCUT2D eigenvalue weighted by Crippen LogP contribution is 2.29. The molecular weight excluding hydrogens is 392 g/mol. The van der Waals surface area contributed by atoms with Gasteiger partial charge in [-0.25, -0.2) is 4.98 Å². The maximum Gasteiger partial charge on any atom is 0.253 e. The molecule has 1 aliphatic rings. The molecule has 162 valence electrons. The van der Waals surface area contributed by atoms with Gasteiger partial charge in [0.2, 0.25) is 0 Å². The van der Waals surface area contributed by atoms with Crippen molar-refractivity contribution < 1.29 is 14.7 Å². The summed E-state index contributed by atoms with van der Waals surface area (Å²) in [5.41, 5.74) is 2.32. The molecule has 3 aromatic rings. The van der Waals surface area contributed by atoms with Gasteiger partial charge >= 0.3 is 0 Å². The van der Waals surface area contributed by atoms with Crippen LogP contribution in [0.2, 0.25) is 0 Å². The zero-order valence-corrected chi connectivity index (χ0v) is 17.9. The lowest BCUT2D eigenvalue weighted by Crippen LogP contribution is -2.48. The number of nitrogens with one attached hydrogen (secondary N) is 1. The maximum absolute atomic E-state index is 12.5. The summed E-state index contributed by atoms with van der Waals surface area (Å²) in [6, 6.07) is 11.6. The van der Waals surface area contributed by atoms with Crippen LogP contribution in [-0.2, 0) is 11.3 Å². The maximum atomic E-state index is 12.5. The highest BCUT2D eigenvalue weighted by Gasteiger charge is 2.32. The molecule has 7 heteroatoms. The first-order chi connectivity index (χ1) is 14.8. The van der Waals surface area contributed by atoms with Crippen LogP contribution in [-0.4, -0.2) is 49.9 Å². The number of likely N-dealkylation sites (tertiary alicyclic amines) is 1. The van der Waals surface area contributed by atoms with E-state index in [4.69, 9.17) is 0 Å². The summed E-state index contributed by atoms with van der Waals surface area (Å²) in [6.07, 6.45) is 7.26. The Morgan fingerprint density at radius 1 is 1.13 bits per heavy atom. The highest BCUT2D eigenvalue weighted by atomic mass is 16.3. The van der Waals surface area contributed by atoms with Crippen LogP contribution in [0.3, 0.4) is 0 Å². The Morgan fingerprint density at radius 2 is 1.84 bits per heavy atom. The van der Waals surface area contributed by atoms with Crippen molar-refractivity contribution in [2.45, 2.75) is 44.8 Å². The number of hydrogen-bond acceptors (Lipinski definition) is 4. The first-order valence-electron chi connectivity index (χ1n) is 10.6. The van der Waals surface area contributed by atoms with Gasteiger partial charge in [0.15, 0.2) is 0 Å². The molecule has 0 saturated carbocycles. The number of aromatic nitrogens is 2. The molecule has 7 nitrogen and oxygen atoms in total. The Bertz CT molecular complexity index is 1070. The van der Waals surface area contributed by atoms with Gasteiger partial charge in [0.25, 0.3) is 11.8 Å². The summed E-state index contributed by atoms with van der Waals surface area (Å²) in [6.45, 7) is 4.77. The lowest BCUT2D eigenvalue weighted by molar-refractivity contribution is -0.148. The topological polar surface area (TPSA) is 86.9 Å². The van der Waals surface area contributed by atoms with Gasteiger partial charge in [-0.2, -0.15) is 0 Å². The molecule has 1 aromatic carbocycles. The third-order valence-corrected chi connectivity index (χ3v) is 5.87. The number of benzene rings is 1. The normalized spacial score (nSPS) is 15.3. The van der Waals surface area contributed by atoms with Gasteiger partial charge in [0, 0.05) is 43.8 Å². The van der Waals surface area contributed by atoms with E-state index < -0.39 is 5.60 Å². The monoisotopic (exact) mass is 420 g/mol. The second-order valence-electron chi connectivity index (χ2n) is 8.66. The number of carbonyl (C=O) groups is 2. The average Bonchev–Trinajstić information content (AvgIpc) is 3.24. The summed E-state index contributed by atoms with van der Waals surface area (Å²) in [5, 5.41) is 12.9. The molecule has 2 aromatic heterocycles. The Hall–Kier alpha value is -3.19. The molecule has 0 atom stereocenters. The van der Waals surface area contributed by atoms with Crippen molar-refractivity contribution in [3.05, 3.63) is 71.7 Å². The first kappa shape index (κ1) is 21.1. The number of imidazole rings is 1. The number of pyridine rings is 1. The minimum Gasteiger partial charge on any atom is -0.381 e. The summed E-state index contributed by atoms with van der Waals surface area (Å²) in [5.74, 6) is 0.0227. The van der Waals surface area contributed by atoms with Crippen molar-refractivity contribution in [2.24, 2.45) is 0 Å². The molecule has 0 unspecified atom stereocenters. The van der Waals surface area contributed by atoms with Crippen LogP contribution in [0, 0.1) is 0 Å². The number of piperidine rings is 1. The third-order valence-electron chi connectivity index (χ3n) is 5.87. The standard InChI is InChI=1S/C24H28N4O3/c1-24(2,31)23(30)28-12-8-19(9-13-28)18-3-5-20(6-4-18)22(29)26-16-17-7-11-27-14-10-25-21(27)15-17/h3-7,10-11,14-15,19,31H,8-9,12-13,16H2,1-2H3,(H,26,29). The average molecular weight is 421 g/mol. The molecule has 1 fully saturated rings. The van der Waals surface area contributed by atoms with Gasteiger partial charge in [0.1, 0.15) is 11.2 Å². The van der Waals surface area contributed by atoms with Crippen molar-refractivity contribution in [2.75, 3.05) is 13.1 Å². The molecule has 4 rings (SSSR count). The van der Waals surface area contributed by atoms with Crippen molar-refractivity contribution in [1.82, 2.24) is 19.6 Å². The van der Waals surface area contributed by atoms with E-state index in [0.29, 0.717) is 31.1 Å². The fraction of sp³-hybridized carbons (Fsp3) is 0.375. The van der Waals surface area contributed by atoms with E-state index >= 15 is 0 Å². The number of hydrogen-bond donors (Lipinski definition) is 2. The Kier molecular flexibility index (Phi) is 5.78. The molecule has 2 amide bonds. The van der Waals surface area contributed by atoms with E-state index in [9.17, 15) is 14.7 Å². The number of fused-ring (bicyclic) bond motifs is 1. The van der Waals surface area contributed by atoms with Crippen LogP contribution in [0.25, 0.3) is 5.65 Å². The predicted molar refractivity (Wildman–Crippen MR) is 118 cm³/mol. The van der Waals surface area contributed by atoms with Gasteiger partial charge in [-0.3, -0.25) is 9.59 Å². The zero-order chi connectivity index (χ0) is 22.0. The van der Waals surface area contributed by atoms with E-state index in [1.165, 1.54) is 19.4 Å². The summed E-state index contributed by atoms with van der Waals surface area (Å²) < 4.78 is 1.93. The van der Waals surface area contributed by atoms with E-state index in [1.807, 2.05) is 53.2 Å². The molecular formula is C24H28N4O3. The van der Waals surface area contributed by atoms with Gasteiger partial charge in [-0.15, -0.1) is 0 Å². The largest absolute Gasteiger partial charge is 0.381 e. The van der Waals surface area contributed by atoms with Crippen molar-refractivity contribution >= 4 is 17.5 Å². The third kappa shape index (κ3) is 4.77. The first-order valence-corrected chi connectivity index (χ1v) is 10.6. The number of rotatable bonds is 5. The van der Waals surface area contributed by atoms with Crippen molar-refractivity contribution in [3.8, 4) is 0 Å². The Morgan fingerprint density at radius 3 is 2.52 bits per heavy atom. The van der Waals surface area contributed by atoms with Crippen LogP contribution >= 0.6 is 0 Å². The molecule has 31 heavy (non-hydrogen) atoms. The van der Waals surface area contributed by atoms with Gasteiger partial charge in [-0.05, 0) is 68.0 Å². The molecule has 0 spiro atoms. The van der Waals surface area contributed by atoms with Gasteiger partial charge in [-0.1, -0.05) is 12.1 Å². The number of aliphatic hydroxyl groups is 1. The van der Waals surface area contributed by atoms with E-state index in [1.54, 1.807) is 11.1 Å². The molecule has 1 saturated heterocycles. The number of nitrogens with zero attached hydrogens (tertiary/aromatic N) is 3. The quantitative estimate of drug-likeness (QED) is 0.665. The lowest BCUT2D eigenvalue weighted by Gasteiger charge is -2.35. The van der Waals surface area contributed by atoms with Crippen LogP contribution < -0.4 is 5.32 Å². The zero-order valence-electron chi connectivity index (χ0n) is 17.9. The fourth-order valence-corrected chi connectivity index (χ4v) is 4.06. The van der Waals surface area contributed by atoms with Gasteiger partial charge < -0.3 is 19.7 Å². The molecule has 0 radical (unpaired) electrons. The predicted octanol–water partition coefficient (Wildman–Crippen LogP) is 2.74. The second-order valence-corrected chi connectivity index (χ2v) is 8.66. The molecule has 1 aliphatic heterocycles. The second kappa shape index (κ2) is 8.51. The molecule has 2 N–H and O–H groups in total. The highest BCUT2D eigenvalue weighted by molar-refractivity contribution is 5.94. The lowest BCUT2D eigenvalue weighted by atomic mass is 9.88. The van der Waals surface area contributed by atoms with Crippen LogP contribution in [0.5, 0.6) is 0 Å². The summed E-state index contributed by atoms with van der Waals surface area (Å²) in [4.78, 5) is 30.8. The number of carbonyl (C=O) groups excluding carboxylic acids is 2. The van der Waals surface area contributed by atoms with Crippen molar-refractivity contribution in [1.29, 1.82) is 0 Å². The summed E-state index contributed by atoms with van der Waals surface area (Å²) in [7, 11) is 0. The van der Waals surface area contributed by atoms with Crippen LogP contribution in [0.4, 0.5) is 0 Å². The minimum atomic E-state index is -1.33. The van der Waals surface area contributed by atoms with Gasteiger partial charge in [0.05, 0.1) is 0 Å². The summed E-state index contributed by atoms with van der Waals surface area (Å²) >= 11 is 0. The Labute approximate surface area is 181 Å². The smallest absolute Gasteiger partial charge is 0.253 e. The number of amides is 2. The SMILES string of the molecule is CC(C)(O)C(=O)N1CCC(c2ccc(C(=O)NCc3ccn4ccnc4c3)cc2)CC1. The van der Waals surface area contributed by atoms with Crippen molar-refractivity contribution in [3.63, 3.8) is 0 Å². The van der Waals surface area contributed by atoms with Crippen LogP contribution in [0.1, 0.15) is 54.1 Å². The molecule has 0 aliphatic carbocycles. The Balaban J connectivity index is 1.31. The molecule has 3 heterocycles. The van der Waals surface area contributed by atoms with E-state index in [2.05, 4.69) is 10.3 Å².